The minimum atomic E-state index is -0.789. The number of furan rings is 1. The van der Waals surface area contributed by atoms with Crippen LogP contribution in [-0.4, -0.2) is 42.7 Å². The lowest BCUT2D eigenvalue weighted by Crippen LogP contribution is -2.49. The van der Waals surface area contributed by atoms with Gasteiger partial charge in [0.2, 0.25) is 11.8 Å². The van der Waals surface area contributed by atoms with E-state index in [-0.39, 0.29) is 30.9 Å². The SMILES string of the molecule is O=C(NCc1ccco1)[C@H](c1ccncc1)N(C(=O)Cn1nnc2ccccc21)C1CCCC1. The fourth-order valence-corrected chi connectivity index (χ4v) is 4.65. The lowest BCUT2D eigenvalue weighted by Gasteiger charge is -2.36. The van der Waals surface area contributed by atoms with Crippen LogP contribution < -0.4 is 5.32 Å². The topological polar surface area (TPSA) is 106 Å². The first kappa shape index (κ1) is 21.8. The van der Waals surface area contributed by atoms with Gasteiger partial charge in [-0.05, 0) is 54.8 Å². The Balaban J connectivity index is 1.47. The maximum absolute atomic E-state index is 13.8. The summed E-state index contributed by atoms with van der Waals surface area (Å²) in [6.07, 6.45) is 8.62. The monoisotopic (exact) mass is 458 g/mol. The Bertz CT molecular complexity index is 1250. The molecule has 3 heterocycles. The standard InChI is InChI=1S/C25H26N6O3/c32-23(17-30-22-10-4-3-9-21(22)28-29-30)31(19-6-1-2-7-19)24(18-11-13-26-14-12-18)25(33)27-16-20-8-5-15-34-20/h3-5,8-15,19,24H,1-2,6-7,16-17H2,(H,27,33)/t24-/m0/s1. The Labute approximate surface area is 196 Å². The van der Waals surface area contributed by atoms with Crippen LogP contribution in [0.4, 0.5) is 0 Å². The Morgan fingerprint density at radius 1 is 1.09 bits per heavy atom. The lowest BCUT2D eigenvalue weighted by atomic mass is 10.0. The summed E-state index contributed by atoms with van der Waals surface area (Å²) >= 11 is 0. The second-order valence-electron chi connectivity index (χ2n) is 8.46. The van der Waals surface area contributed by atoms with Gasteiger partial charge >= 0.3 is 0 Å². The molecule has 5 rings (SSSR count). The summed E-state index contributed by atoms with van der Waals surface area (Å²) in [6, 6.07) is 13.9. The number of rotatable bonds is 8. The fraction of sp³-hybridized carbons (Fsp3) is 0.320. The van der Waals surface area contributed by atoms with E-state index >= 15 is 0 Å². The van der Waals surface area contributed by atoms with Crippen LogP contribution in [0, 0.1) is 0 Å². The van der Waals surface area contributed by atoms with E-state index in [1.54, 1.807) is 52.5 Å². The zero-order chi connectivity index (χ0) is 23.3. The molecule has 174 valence electrons. The number of hydrogen-bond donors (Lipinski definition) is 1. The second-order valence-corrected chi connectivity index (χ2v) is 8.46. The van der Waals surface area contributed by atoms with Gasteiger partial charge in [-0.15, -0.1) is 5.10 Å². The summed E-state index contributed by atoms with van der Waals surface area (Å²) in [7, 11) is 0. The van der Waals surface area contributed by atoms with Crippen molar-refractivity contribution >= 4 is 22.8 Å². The first-order valence-electron chi connectivity index (χ1n) is 11.5. The van der Waals surface area contributed by atoms with Gasteiger partial charge < -0.3 is 14.6 Å². The number of nitrogens with one attached hydrogen (secondary N) is 1. The molecule has 1 aliphatic carbocycles. The van der Waals surface area contributed by atoms with Crippen LogP contribution >= 0.6 is 0 Å². The van der Waals surface area contributed by atoms with Gasteiger partial charge in [0.05, 0.1) is 18.3 Å². The van der Waals surface area contributed by atoms with Crippen LogP contribution in [0.3, 0.4) is 0 Å². The predicted molar refractivity (Wildman–Crippen MR) is 124 cm³/mol. The summed E-state index contributed by atoms with van der Waals surface area (Å²) in [5.74, 6) is 0.221. The minimum Gasteiger partial charge on any atom is -0.467 e. The van der Waals surface area contributed by atoms with Crippen LogP contribution in [0.5, 0.6) is 0 Å². The number of amides is 2. The van der Waals surface area contributed by atoms with Crippen molar-refractivity contribution in [2.45, 2.75) is 50.9 Å². The van der Waals surface area contributed by atoms with Gasteiger partial charge in [0.15, 0.2) is 0 Å². The molecule has 0 unspecified atom stereocenters. The molecule has 0 aliphatic heterocycles. The normalized spacial score (nSPS) is 14.8. The smallest absolute Gasteiger partial charge is 0.247 e. The second kappa shape index (κ2) is 9.86. The van der Waals surface area contributed by atoms with Crippen molar-refractivity contribution in [2.75, 3.05) is 0 Å². The van der Waals surface area contributed by atoms with Gasteiger partial charge in [-0.25, -0.2) is 4.68 Å². The zero-order valence-corrected chi connectivity index (χ0v) is 18.7. The van der Waals surface area contributed by atoms with Crippen molar-refractivity contribution in [1.82, 2.24) is 30.2 Å². The Morgan fingerprint density at radius 3 is 2.65 bits per heavy atom. The molecule has 4 aromatic rings. The molecular formula is C25H26N6O3. The zero-order valence-electron chi connectivity index (χ0n) is 18.7. The van der Waals surface area contributed by atoms with Crippen molar-refractivity contribution < 1.29 is 14.0 Å². The number of pyridine rings is 1. The van der Waals surface area contributed by atoms with E-state index < -0.39 is 6.04 Å². The van der Waals surface area contributed by atoms with Gasteiger partial charge in [-0.1, -0.05) is 30.2 Å². The van der Waals surface area contributed by atoms with E-state index in [2.05, 4.69) is 20.6 Å². The van der Waals surface area contributed by atoms with Crippen LogP contribution in [0.1, 0.15) is 43.0 Å². The molecule has 1 saturated carbocycles. The molecule has 1 N–H and O–H groups in total. The molecule has 1 fully saturated rings. The number of benzene rings is 1. The number of hydrogen-bond acceptors (Lipinski definition) is 6. The molecule has 9 nitrogen and oxygen atoms in total. The van der Waals surface area contributed by atoms with E-state index in [1.807, 2.05) is 24.3 Å². The van der Waals surface area contributed by atoms with E-state index in [9.17, 15) is 9.59 Å². The Kier molecular flexibility index (Phi) is 6.33. The average molecular weight is 459 g/mol. The summed E-state index contributed by atoms with van der Waals surface area (Å²) in [5.41, 5.74) is 2.23. The average Bonchev–Trinajstić information content (AvgIpc) is 3.64. The highest BCUT2D eigenvalue weighted by Gasteiger charge is 2.37. The third-order valence-electron chi connectivity index (χ3n) is 6.28. The molecule has 0 bridgehead atoms. The molecule has 9 heteroatoms. The number of fused-ring (bicyclic) bond motifs is 1. The Hall–Kier alpha value is -4.01. The highest BCUT2D eigenvalue weighted by atomic mass is 16.3. The number of carbonyl (C=O) groups excluding carboxylic acids is 2. The third kappa shape index (κ3) is 4.54. The molecule has 1 aromatic carbocycles. The summed E-state index contributed by atoms with van der Waals surface area (Å²) in [6.45, 7) is 0.248. The van der Waals surface area contributed by atoms with Crippen molar-refractivity contribution in [3.05, 3.63) is 78.5 Å². The van der Waals surface area contributed by atoms with Gasteiger partial charge in [-0.3, -0.25) is 14.6 Å². The molecular weight excluding hydrogens is 432 g/mol. The van der Waals surface area contributed by atoms with Gasteiger partial charge in [0.25, 0.3) is 0 Å². The summed E-state index contributed by atoms with van der Waals surface area (Å²) < 4.78 is 6.97. The number of aromatic nitrogens is 4. The van der Waals surface area contributed by atoms with Gasteiger partial charge in [0.1, 0.15) is 23.9 Å². The molecule has 2 amide bonds. The van der Waals surface area contributed by atoms with E-state index in [0.29, 0.717) is 5.76 Å². The predicted octanol–water partition coefficient (Wildman–Crippen LogP) is 3.25. The number of nitrogens with zero attached hydrogens (tertiary/aromatic N) is 5. The third-order valence-corrected chi connectivity index (χ3v) is 6.28. The van der Waals surface area contributed by atoms with Gasteiger partial charge in [0, 0.05) is 18.4 Å². The Morgan fingerprint density at radius 2 is 1.88 bits per heavy atom. The summed E-state index contributed by atoms with van der Waals surface area (Å²) in [4.78, 5) is 33.2. The lowest BCUT2D eigenvalue weighted by molar-refractivity contribution is -0.144. The first-order valence-corrected chi connectivity index (χ1v) is 11.5. The molecule has 0 radical (unpaired) electrons. The van der Waals surface area contributed by atoms with Crippen molar-refractivity contribution in [3.63, 3.8) is 0 Å². The van der Waals surface area contributed by atoms with Crippen molar-refractivity contribution in [1.29, 1.82) is 0 Å². The van der Waals surface area contributed by atoms with Crippen molar-refractivity contribution in [2.24, 2.45) is 0 Å². The largest absolute Gasteiger partial charge is 0.467 e. The van der Waals surface area contributed by atoms with E-state index in [1.165, 1.54) is 0 Å². The number of carbonyl (C=O) groups is 2. The molecule has 3 aromatic heterocycles. The van der Waals surface area contributed by atoms with E-state index in [0.717, 1.165) is 42.3 Å². The first-order chi connectivity index (χ1) is 16.7. The molecule has 34 heavy (non-hydrogen) atoms. The highest BCUT2D eigenvalue weighted by Crippen LogP contribution is 2.32. The quantitative estimate of drug-likeness (QED) is 0.434. The van der Waals surface area contributed by atoms with Crippen LogP contribution in [0.25, 0.3) is 11.0 Å². The molecule has 1 aliphatic rings. The van der Waals surface area contributed by atoms with Crippen LogP contribution in [-0.2, 0) is 22.7 Å². The number of para-hydroxylation sites is 1. The van der Waals surface area contributed by atoms with Crippen molar-refractivity contribution in [3.8, 4) is 0 Å². The fourth-order valence-electron chi connectivity index (χ4n) is 4.65. The molecule has 0 saturated heterocycles. The maximum Gasteiger partial charge on any atom is 0.247 e. The van der Waals surface area contributed by atoms with Crippen LogP contribution in [0.2, 0.25) is 0 Å². The van der Waals surface area contributed by atoms with Gasteiger partial charge in [-0.2, -0.15) is 0 Å². The maximum atomic E-state index is 13.8. The highest BCUT2D eigenvalue weighted by molar-refractivity contribution is 5.89. The molecule has 1 atom stereocenters. The van der Waals surface area contributed by atoms with Crippen LogP contribution in [0.15, 0.2) is 71.6 Å². The summed E-state index contributed by atoms with van der Waals surface area (Å²) in [5, 5.41) is 11.3. The van der Waals surface area contributed by atoms with E-state index in [4.69, 9.17) is 4.42 Å². The minimum absolute atomic E-state index is 0.00403. The molecule has 0 spiro atoms.